The van der Waals surface area contributed by atoms with Crippen LogP contribution in [0.5, 0.6) is 5.75 Å². The van der Waals surface area contributed by atoms with Crippen molar-refractivity contribution in [1.82, 2.24) is 15.0 Å². The Labute approximate surface area is 218 Å². The number of ether oxygens (including phenoxy) is 1. The molecule has 8 heteroatoms. The van der Waals surface area contributed by atoms with Crippen LogP contribution >= 0.6 is 11.8 Å². The summed E-state index contributed by atoms with van der Waals surface area (Å²) >= 11 is 1.95. The molecule has 36 heavy (non-hydrogen) atoms. The van der Waals surface area contributed by atoms with Crippen LogP contribution in [0.15, 0.2) is 34.9 Å². The highest BCUT2D eigenvalue weighted by molar-refractivity contribution is 7.99. The smallest absolute Gasteiger partial charge is 0.324 e. The second-order valence-electron chi connectivity index (χ2n) is 10.5. The minimum Gasteiger partial charge on any atom is -0.493 e. The third-order valence-electron chi connectivity index (χ3n) is 7.63. The van der Waals surface area contributed by atoms with E-state index in [0.29, 0.717) is 17.8 Å². The summed E-state index contributed by atoms with van der Waals surface area (Å²) in [5, 5.41) is 4.08. The van der Waals surface area contributed by atoms with Gasteiger partial charge in [-0.25, -0.2) is 0 Å². The van der Waals surface area contributed by atoms with E-state index in [4.69, 9.17) is 9.26 Å². The molecule has 7 nitrogen and oxygen atoms in total. The van der Waals surface area contributed by atoms with Crippen LogP contribution in [0.2, 0.25) is 0 Å². The number of thioether (sulfide) groups is 1. The molecule has 0 N–H and O–H groups in total. The Morgan fingerprint density at radius 1 is 1.11 bits per heavy atom. The standard InChI is InChI=1S/C28H38N4O3S/c1-20(2)26-29-28(35-30-26)32-13-11-21(12-14-32)19-34-25-9-7-23(8-10-25)22-3-5-24(6-4-22)27(33)31-15-17-36-18-16-31/h3,7-10,20-21,24H,4-6,11-19H2,1-2H3. The van der Waals surface area contributed by atoms with E-state index in [1.807, 2.05) is 11.8 Å². The fourth-order valence-electron chi connectivity index (χ4n) is 5.22. The molecule has 1 unspecified atom stereocenters. The molecule has 0 saturated carbocycles. The molecule has 194 valence electrons. The summed E-state index contributed by atoms with van der Waals surface area (Å²) in [5.41, 5.74) is 2.60. The molecule has 3 aliphatic rings. The maximum Gasteiger partial charge on any atom is 0.324 e. The first-order valence-electron chi connectivity index (χ1n) is 13.4. The normalized spacial score (nSPS) is 21.5. The van der Waals surface area contributed by atoms with Crippen molar-refractivity contribution in [2.45, 2.75) is 51.9 Å². The van der Waals surface area contributed by atoms with Crippen LogP contribution < -0.4 is 9.64 Å². The number of hydrogen-bond donors (Lipinski definition) is 0. The van der Waals surface area contributed by atoms with Crippen LogP contribution in [0.25, 0.3) is 5.57 Å². The molecule has 3 heterocycles. The summed E-state index contributed by atoms with van der Waals surface area (Å²) in [6, 6.07) is 9.14. The Bertz CT molecular complexity index is 1040. The quantitative estimate of drug-likeness (QED) is 0.504. The lowest BCUT2D eigenvalue weighted by atomic mass is 9.86. The topological polar surface area (TPSA) is 71.7 Å². The monoisotopic (exact) mass is 510 g/mol. The second-order valence-corrected chi connectivity index (χ2v) is 11.7. The van der Waals surface area contributed by atoms with Crippen LogP contribution in [0.3, 0.4) is 0 Å². The van der Waals surface area contributed by atoms with Gasteiger partial charge in [0.05, 0.1) is 6.61 Å². The van der Waals surface area contributed by atoms with Crippen molar-refractivity contribution in [2.75, 3.05) is 49.2 Å². The van der Waals surface area contributed by atoms with Gasteiger partial charge in [-0.1, -0.05) is 37.2 Å². The molecule has 2 aliphatic heterocycles. The number of hydrogen-bond acceptors (Lipinski definition) is 7. The van der Waals surface area contributed by atoms with Crippen LogP contribution in [0.1, 0.15) is 63.3 Å². The molecule has 1 atom stereocenters. The molecule has 0 radical (unpaired) electrons. The molecule has 2 saturated heterocycles. The van der Waals surface area contributed by atoms with Crippen molar-refractivity contribution < 1.29 is 14.1 Å². The molecule has 1 aliphatic carbocycles. The zero-order valence-electron chi connectivity index (χ0n) is 21.5. The molecule has 2 aromatic rings. The fraction of sp³-hybridized carbons (Fsp3) is 0.607. The number of amides is 1. The van der Waals surface area contributed by atoms with E-state index >= 15 is 0 Å². The first kappa shape index (κ1) is 25.2. The van der Waals surface area contributed by atoms with Gasteiger partial charge in [0, 0.05) is 49.5 Å². The highest BCUT2D eigenvalue weighted by atomic mass is 32.2. The molecule has 0 spiro atoms. The molecule has 1 aromatic heterocycles. The summed E-state index contributed by atoms with van der Waals surface area (Å²) in [6.07, 6.45) is 7.17. The Balaban J connectivity index is 1.06. The average Bonchev–Trinajstić information content (AvgIpc) is 3.44. The van der Waals surface area contributed by atoms with E-state index < -0.39 is 0 Å². The summed E-state index contributed by atoms with van der Waals surface area (Å²) < 4.78 is 11.6. The first-order valence-corrected chi connectivity index (χ1v) is 14.6. The molecule has 2 fully saturated rings. The van der Waals surface area contributed by atoms with Gasteiger partial charge in [-0.2, -0.15) is 16.7 Å². The summed E-state index contributed by atoms with van der Waals surface area (Å²) in [5.74, 6) is 5.17. The number of carbonyl (C=O) groups is 1. The van der Waals surface area contributed by atoms with Gasteiger partial charge >= 0.3 is 6.01 Å². The van der Waals surface area contributed by atoms with Crippen LogP contribution in [-0.4, -0.2) is 65.2 Å². The Kier molecular flexibility index (Phi) is 8.19. The number of nitrogens with zero attached hydrogens (tertiary/aromatic N) is 4. The summed E-state index contributed by atoms with van der Waals surface area (Å²) in [6.45, 7) is 8.54. The Hall–Kier alpha value is -2.48. The van der Waals surface area contributed by atoms with E-state index in [2.05, 4.69) is 64.1 Å². The number of aromatic nitrogens is 2. The van der Waals surface area contributed by atoms with E-state index in [9.17, 15) is 4.79 Å². The minimum atomic E-state index is 0.156. The SMILES string of the molecule is CC(C)c1noc(N2CCC(COc3ccc(C4=CCC(C(=O)N5CCSCC5)CC4)cc3)CC2)n1. The van der Waals surface area contributed by atoms with Crippen LogP contribution in [0, 0.1) is 11.8 Å². The lowest BCUT2D eigenvalue weighted by Crippen LogP contribution is -2.41. The molecular weight excluding hydrogens is 472 g/mol. The van der Waals surface area contributed by atoms with E-state index in [0.717, 1.165) is 88.0 Å². The van der Waals surface area contributed by atoms with Crippen molar-refractivity contribution >= 4 is 29.3 Å². The third kappa shape index (κ3) is 6.07. The fourth-order valence-corrected chi connectivity index (χ4v) is 6.13. The van der Waals surface area contributed by atoms with Gasteiger partial charge in [0.2, 0.25) is 5.91 Å². The van der Waals surface area contributed by atoms with Gasteiger partial charge < -0.3 is 19.1 Å². The van der Waals surface area contributed by atoms with E-state index in [-0.39, 0.29) is 11.8 Å². The zero-order valence-corrected chi connectivity index (χ0v) is 22.3. The third-order valence-corrected chi connectivity index (χ3v) is 8.57. The number of allylic oxidation sites excluding steroid dienone is 2. The summed E-state index contributed by atoms with van der Waals surface area (Å²) in [4.78, 5) is 21.6. The van der Waals surface area contributed by atoms with Gasteiger partial charge in [0.25, 0.3) is 0 Å². The Morgan fingerprint density at radius 3 is 2.50 bits per heavy atom. The van der Waals surface area contributed by atoms with Gasteiger partial charge in [0.15, 0.2) is 5.82 Å². The number of piperidine rings is 1. The molecule has 0 bridgehead atoms. The lowest BCUT2D eigenvalue weighted by molar-refractivity contribution is -0.135. The van der Waals surface area contributed by atoms with Gasteiger partial charge in [-0.15, -0.1) is 0 Å². The summed E-state index contributed by atoms with van der Waals surface area (Å²) in [7, 11) is 0. The van der Waals surface area contributed by atoms with Crippen molar-refractivity contribution in [3.05, 3.63) is 41.7 Å². The van der Waals surface area contributed by atoms with Crippen LogP contribution in [0.4, 0.5) is 6.01 Å². The maximum atomic E-state index is 12.8. The first-order chi connectivity index (χ1) is 17.6. The Morgan fingerprint density at radius 2 is 1.86 bits per heavy atom. The predicted octanol–water partition coefficient (Wildman–Crippen LogP) is 5.25. The van der Waals surface area contributed by atoms with Crippen molar-refractivity contribution in [1.29, 1.82) is 0 Å². The molecule has 1 amide bonds. The molecular formula is C28H38N4O3S. The number of anilines is 1. The van der Waals surface area contributed by atoms with Gasteiger partial charge in [-0.3, -0.25) is 4.79 Å². The zero-order chi connectivity index (χ0) is 24.9. The maximum absolute atomic E-state index is 12.8. The highest BCUT2D eigenvalue weighted by Gasteiger charge is 2.27. The number of benzene rings is 1. The van der Waals surface area contributed by atoms with Gasteiger partial charge in [0.1, 0.15) is 5.75 Å². The van der Waals surface area contributed by atoms with Gasteiger partial charge in [-0.05, 0) is 61.3 Å². The minimum absolute atomic E-state index is 0.156. The van der Waals surface area contributed by atoms with Crippen LogP contribution in [-0.2, 0) is 4.79 Å². The number of rotatable bonds is 7. The molecule has 5 rings (SSSR count). The predicted molar refractivity (Wildman–Crippen MR) is 144 cm³/mol. The largest absolute Gasteiger partial charge is 0.493 e. The van der Waals surface area contributed by atoms with Crippen molar-refractivity contribution in [3.63, 3.8) is 0 Å². The number of carbonyl (C=O) groups excluding carboxylic acids is 1. The second kappa shape index (κ2) is 11.7. The lowest BCUT2D eigenvalue weighted by Gasteiger charge is -2.31. The highest BCUT2D eigenvalue weighted by Crippen LogP contribution is 2.33. The average molecular weight is 511 g/mol. The van der Waals surface area contributed by atoms with E-state index in [1.165, 1.54) is 11.1 Å². The molecule has 1 aromatic carbocycles. The van der Waals surface area contributed by atoms with E-state index in [1.54, 1.807) is 0 Å². The van der Waals surface area contributed by atoms with Crippen molar-refractivity contribution in [3.8, 4) is 5.75 Å². The van der Waals surface area contributed by atoms with Crippen molar-refractivity contribution in [2.24, 2.45) is 11.8 Å².